The molecule has 2 rings (SSSR count). The molecule has 0 fully saturated rings. The number of benzene rings is 1. The molecular weight excluding hydrogens is 368 g/mol. The molecule has 1 aromatic rings. The van der Waals surface area contributed by atoms with Crippen molar-refractivity contribution in [2.75, 3.05) is 18.4 Å². The van der Waals surface area contributed by atoms with Gasteiger partial charge in [0.15, 0.2) is 5.96 Å². The Balaban J connectivity index is 1.83. The minimum atomic E-state index is -0.0293. The van der Waals surface area contributed by atoms with Gasteiger partial charge in [0.1, 0.15) is 0 Å². The van der Waals surface area contributed by atoms with Gasteiger partial charge in [0, 0.05) is 29.2 Å². The fourth-order valence-corrected chi connectivity index (χ4v) is 2.82. The summed E-state index contributed by atoms with van der Waals surface area (Å²) in [6.45, 7) is 5.26. The molecule has 0 unspecified atom stereocenters. The number of guanidine groups is 1. The van der Waals surface area contributed by atoms with Crippen LogP contribution in [0.2, 0.25) is 0 Å². The van der Waals surface area contributed by atoms with Gasteiger partial charge in [-0.2, -0.15) is 0 Å². The molecule has 130 valence electrons. The van der Waals surface area contributed by atoms with Crippen molar-refractivity contribution in [2.24, 2.45) is 4.99 Å². The second-order valence-electron chi connectivity index (χ2n) is 5.80. The standard InChI is InChI=1S/C18H25BrN4O/c1-3-20-18(22-15-6-4-5-7-15)21-11-10-17(24)23-16-12-14(19)9-8-13(16)2/h4-5,8-9,12,15H,3,6-7,10-11H2,1-2H3,(H,23,24)(H2,20,21,22). The van der Waals surface area contributed by atoms with Crippen LogP contribution in [-0.4, -0.2) is 31.0 Å². The van der Waals surface area contributed by atoms with Gasteiger partial charge < -0.3 is 16.0 Å². The van der Waals surface area contributed by atoms with E-state index in [1.807, 2.05) is 32.0 Å². The lowest BCUT2D eigenvalue weighted by atomic mass is 10.2. The Kier molecular flexibility index (Phi) is 7.31. The molecule has 0 spiro atoms. The number of anilines is 1. The van der Waals surface area contributed by atoms with Crippen LogP contribution in [0.4, 0.5) is 5.69 Å². The average Bonchev–Trinajstić information content (AvgIpc) is 3.04. The number of aliphatic imine (C=N–C) groups is 1. The summed E-state index contributed by atoms with van der Waals surface area (Å²) in [6.07, 6.45) is 6.75. The predicted octanol–water partition coefficient (Wildman–Crippen LogP) is 3.36. The van der Waals surface area contributed by atoms with E-state index in [2.05, 4.69) is 49.0 Å². The third-order valence-electron chi connectivity index (χ3n) is 3.78. The molecule has 6 heteroatoms. The van der Waals surface area contributed by atoms with Crippen molar-refractivity contribution in [3.63, 3.8) is 0 Å². The maximum Gasteiger partial charge on any atom is 0.226 e. The van der Waals surface area contributed by atoms with E-state index in [-0.39, 0.29) is 5.91 Å². The first-order valence-electron chi connectivity index (χ1n) is 8.34. The molecule has 0 bridgehead atoms. The second-order valence-corrected chi connectivity index (χ2v) is 6.72. The van der Waals surface area contributed by atoms with Crippen LogP contribution in [0, 0.1) is 6.92 Å². The molecular formula is C18H25BrN4O. The topological polar surface area (TPSA) is 65.5 Å². The summed E-state index contributed by atoms with van der Waals surface area (Å²) in [5.41, 5.74) is 1.87. The van der Waals surface area contributed by atoms with Crippen LogP contribution in [0.1, 0.15) is 31.7 Å². The summed E-state index contributed by atoms with van der Waals surface area (Å²) < 4.78 is 0.949. The number of carbonyl (C=O) groups is 1. The Morgan fingerprint density at radius 2 is 2.08 bits per heavy atom. The van der Waals surface area contributed by atoms with Crippen molar-refractivity contribution < 1.29 is 4.79 Å². The molecule has 0 heterocycles. The number of halogens is 1. The van der Waals surface area contributed by atoms with E-state index < -0.39 is 0 Å². The van der Waals surface area contributed by atoms with Gasteiger partial charge in [0.25, 0.3) is 0 Å². The fourth-order valence-electron chi connectivity index (χ4n) is 2.46. The summed E-state index contributed by atoms with van der Waals surface area (Å²) in [5.74, 6) is 0.746. The first-order chi connectivity index (χ1) is 11.6. The van der Waals surface area contributed by atoms with E-state index in [4.69, 9.17) is 0 Å². The van der Waals surface area contributed by atoms with Crippen LogP contribution in [0.15, 0.2) is 39.8 Å². The molecule has 24 heavy (non-hydrogen) atoms. The van der Waals surface area contributed by atoms with Crippen LogP contribution in [-0.2, 0) is 4.79 Å². The lowest BCUT2D eigenvalue weighted by Crippen LogP contribution is -2.42. The largest absolute Gasteiger partial charge is 0.357 e. The summed E-state index contributed by atoms with van der Waals surface area (Å²) in [5, 5.41) is 9.56. The molecule has 0 aliphatic heterocycles. The van der Waals surface area contributed by atoms with Crippen LogP contribution in [0.25, 0.3) is 0 Å². The molecule has 5 nitrogen and oxygen atoms in total. The number of nitrogens with one attached hydrogen (secondary N) is 3. The van der Waals surface area contributed by atoms with Crippen molar-refractivity contribution in [3.05, 3.63) is 40.4 Å². The molecule has 1 aliphatic rings. The third-order valence-corrected chi connectivity index (χ3v) is 4.27. The second kappa shape index (κ2) is 9.47. The zero-order chi connectivity index (χ0) is 17.4. The minimum absolute atomic E-state index is 0.0293. The van der Waals surface area contributed by atoms with Gasteiger partial charge in [-0.1, -0.05) is 34.1 Å². The highest BCUT2D eigenvalue weighted by molar-refractivity contribution is 9.10. The van der Waals surface area contributed by atoms with Crippen molar-refractivity contribution in [1.29, 1.82) is 0 Å². The van der Waals surface area contributed by atoms with Gasteiger partial charge in [-0.25, -0.2) is 0 Å². The Morgan fingerprint density at radius 1 is 1.33 bits per heavy atom. The molecule has 0 saturated carbocycles. The van der Waals surface area contributed by atoms with Gasteiger partial charge >= 0.3 is 0 Å². The summed E-state index contributed by atoms with van der Waals surface area (Å²) in [6, 6.07) is 6.25. The molecule has 0 saturated heterocycles. The number of hydrogen-bond donors (Lipinski definition) is 3. The highest BCUT2D eigenvalue weighted by Gasteiger charge is 2.11. The third kappa shape index (κ3) is 6.00. The Bertz CT molecular complexity index is 619. The van der Waals surface area contributed by atoms with Crippen LogP contribution in [0.3, 0.4) is 0 Å². The summed E-state index contributed by atoms with van der Waals surface area (Å²) in [4.78, 5) is 16.6. The number of hydrogen-bond acceptors (Lipinski definition) is 2. The van der Waals surface area contributed by atoms with Crippen molar-refractivity contribution in [2.45, 2.75) is 39.2 Å². The predicted molar refractivity (Wildman–Crippen MR) is 103 cm³/mol. The highest BCUT2D eigenvalue weighted by atomic mass is 79.9. The number of nitrogens with zero attached hydrogens (tertiary/aromatic N) is 1. The number of aryl methyl sites for hydroxylation is 1. The van der Waals surface area contributed by atoms with E-state index >= 15 is 0 Å². The maximum absolute atomic E-state index is 12.1. The summed E-state index contributed by atoms with van der Waals surface area (Å²) in [7, 11) is 0. The minimum Gasteiger partial charge on any atom is -0.357 e. The number of rotatable bonds is 6. The van der Waals surface area contributed by atoms with E-state index in [1.54, 1.807) is 0 Å². The van der Waals surface area contributed by atoms with E-state index in [1.165, 1.54) is 0 Å². The van der Waals surface area contributed by atoms with Gasteiger partial charge in [-0.15, -0.1) is 0 Å². The lowest BCUT2D eigenvalue weighted by molar-refractivity contribution is -0.116. The van der Waals surface area contributed by atoms with E-state index in [9.17, 15) is 4.79 Å². The van der Waals surface area contributed by atoms with Gasteiger partial charge in [-0.05, 0) is 44.4 Å². The fraction of sp³-hybridized carbons (Fsp3) is 0.444. The maximum atomic E-state index is 12.1. The van der Waals surface area contributed by atoms with Crippen LogP contribution < -0.4 is 16.0 Å². The Labute approximate surface area is 152 Å². The SMILES string of the molecule is CCNC(=NCCC(=O)Nc1cc(Br)ccc1C)NC1CC=CC1. The molecule has 1 aliphatic carbocycles. The van der Waals surface area contributed by atoms with Crippen molar-refractivity contribution in [1.82, 2.24) is 10.6 Å². The highest BCUT2D eigenvalue weighted by Crippen LogP contribution is 2.20. The van der Waals surface area contributed by atoms with Crippen LogP contribution >= 0.6 is 15.9 Å². The van der Waals surface area contributed by atoms with Gasteiger partial charge in [-0.3, -0.25) is 9.79 Å². The van der Waals surface area contributed by atoms with Crippen molar-refractivity contribution >= 4 is 33.5 Å². The monoisotopic (exact) mass is 392 g/mol. The molecule has 1 aromatic carbocycles. The average molecular weight is 393 g/mol. The summed E-state index contributed by atoms with van der Waals surface area (Å²) >= 11 is 3.42. The van der Waals surface area contributed by atoms with Crippen molar-refractivity contribution in [3.8, 4) is 0 Å². The quantitative estimate of drug-likeness (QED) is 0.395. The molecule has 3 N–H and O–H groups in total. The Morgan fingerprint density at radius 3 is 2.79 bits per heavy atom. The first-order valence-corrected chi connectivity index (χ1v) is 9.13. The van der Waals surface area contributed by atoms with E-state index in [0.717, 1.165) is 41.1 Å². The lowest BCUT2D eigenvalue weighted by Gasteiger charge is -2.16. The molecule has 0 atom stereocenters. The van der Waals surface area contributed by atoms with Gasteiger partial charge in [0.05, 0.1) is 6.54 Å². The smallest absolute Gasteiger partial charge is 0.226 e. The molecule has 0 aromatic heterocycles. The number of amides is 1. The normalized spacial score (nSPS) is 14.7. The zero-order valence-corrected chi connectivity index (χ0v) is 15.8. The van der Waals surface area contributed by atoms with E-state index in [0.29, 0.717) is 19.0 Å². The number of carbonyl (C=O) groups excluding carboxylic acids is 1. The van der Waals surface area contributed by atoms with Gasteiger partial charge in [0.2, 0.25) is 5.91 Å². The zero-order valence-electron chi connectivity index (χ0n) is 14.2. The molecule has 0 radical (unpaired) electrons. The van der Waals surface area contributed by atoms with Crippen LogP contribution in [0.5, 0.6) is 0 Å². The Hall–Kier alpha value is -1.82. The first kappa shape index (κ1) is 18.5. The molecule has 1 amide bonds.